The molecule has 5 nitrogen and oxygen atoms in total. The first-order valence-electron chi connectivity index (χ1n) is 6.98. The van der Waals surface area contributed by atoms with Crippen molar-refractivity contribution in [2.24, 2.45) is 5.73 Å². The third-order valence-corrected chi connectivity index (χ3v) is 3.93. The van der Waals surface area contributed by atoms with Crippen LogP contribution in [0.15, 0.2) is 10.6 Å². The molecule has 1 aliphatic carbocycles. The van der Waals surface area contributed by atoms with Crippen molar-refractivity contribution in [1.29, 1.82) is 0 Å². The number of aromatic nitrogens is 1. The third kappa shape index (κ3) is 3.56. The fourth-order valence-corrected chi connectivity index (χ4v) is 2.69. The zero-order chi connectivity index (χ0) is 15.0. The van der Waals surface area contributed by atoms with E-state index in [1.165, 1.54) is 0 Å². The number of halogens is 3. The van der Waals surface area contributed by atoms with E-state index >= 15 is 0 Å². The summed E-state index contributed by atoms with van der Waals surface area (Å²) in [6.07, 6.45) is -1.82. The van der Waals surface area contributed by atoms with Crippen molar-refractivity contribution in [2.45, 2.75) is 56.2 Å². The summed E-state index contributed by atoms with van der Waals surface area (Å²) >= 11 is 0. The van der Waals surface area contributed by atoms with Gasteiger partial charge in [0.05, 0.1) is 18.9 Å². The summed E-state index contributed by atoms with van der Waals surface area (Å²) < 4.78 is 51.3. The Hall–Kier alpha value is -1.12. The van der Waals surface area contributed by atoms with Crippen LogP contribution in [0.3, 0.4) is 0 Å². The summed E-state index contributed by atoms with van der Waals surface area (Å²) in [5, 5.41) is 0. The van der Waals surface area contributed by atoms with Crippen LogP contribution in [0.4, 0.5) is 13.2 Å². The van der Waals surface area contributed by atoms with Gasteiger partial charge in [-0.05, 0) is 25.7 Å². The van der Waals surface area contributed by atoms with Gasteiger partial charge < -0.3 is 14.9 Å². The van der Waals surface area contributed by atoms with Crippen LogP contribution in [-0.4, -0.2) is 30.1 Å². The number of rotatable bonds is 3. The van der Waals surface area contributed by atoms with E-state index in [-0.39, 0.29) is 18.1 Å². The van der Waals surface area contributed by atoms with E-state index in [2.05, 4.69) is 9.72 Å². The molecular weight excluding hydrogens is 289 g/mol. The molecule has 1 saturated carbocycles. The molecule has 1 aromatic heterocycles. The largest absolute Gasteiger partial charge is 0.522 e. The molecule has 2 atom stereocenters. The number of hydrogen-bond donors (Lipinski definition) is 1. The predicted octanol–water partition coefficient (Wildman–Crippen LogP) is 2.64. The molecule has 3 rings (SSSR count). The molecular formula is C13H17F3N2O3. The van der Waals surface area contributed by atoms with Crippen LogP contribution >= 0.6 is 0 Å². The smallest absolute Gasteiger partial charge is 0.443 e. The first kappa shape index (κ1) is 14.8. The maximum atomic E-state index is 12.1. The molecule has 0 bridgehead atoms. The summed E-state index contributed by atoms with van der Waals surface area (Å²) in [7, 11) is 0. The maximum absolute atomic E-state index is 12.1. The lowest BCUT2D eigenvalue weighted by Crippen LogP contribution is -2.34. The SMILES string of the molecule is N[C@@H]1CC[C@@H](c2ncc(C3CC(OC(F)(F)F)C3)o2)OC1. The molecule has 1 saturated heterocycles. The van der Waals surface area contributed by atoms with Gasteiger partial charge in [-0.2, -0.15) is 0 Å². The minimum absolute atomic E-state index is 0.0441. The maximum Gasteiger partial charge on any atom is 0.522 e. The van der Waals surface area contributed by atoms with Crippen LogP contribution in [-0.2, 0) is 9.47 Å². The van der Waals surface area contributed by atoms with Crippen molar-refractivity contribution in [3.63, 3.8) is 0 Å². The van der Waals surface area contributed by atoms with E-state index in [1.54, 1.807) is 6.20 Å². The molecule has 1 aliphatic heterocycles. The Labute approximate surface area is 119 Å². The van der Waals surface area contributed by atoms with Crippen LogP contribution in [0.5, 0.6) is 0 Å². The fraction of sp³-hybridized carbons (Fsp3) is 0.769. The zero-order valence-corrected chi connectivity index (χ0v) is 11.3. The molecule has 2 N–H and O–H groups in total. The van der Waals surface area contributed by atoms with Gasteiger partial charge in [0.1, 0.15) is 11.9 Å². The molecule has 1 aromatic rings. The van der Waals surface area contributed by atoms with Gasteiger partial charge in [-0.1, -0.05) is 0 Å². The van der Waals surface area contributed by atoms with Gasteiger partial charge in [0.15, 0.2) is 0 Å². The van der Waals surface area contributed by atoms with Crippen LogP contribution in [0.1, 0.15) is 49.4 Å². The first-order valence-corrected chi connectivity index (χ1v) is 6.98. The van der Waals surface area contributed by atoms with E-state index < -0.39 is 12.5 Å². The minimum atomic E-state index is -4.57. The lowest BCUT2D eigenvalue weighted by Gasteiger charge is -2.33. The predicted molar refractivity (Wildman–Crippen MR) is 65.3 cm³/mol. The van der Waals surface area contributed by atoms with Gasteiger partial charge in [0, 0.05) is 12.0 Å². The van der Waals surface area contributed by atoms with Gasteiger partial charge in [-0.15, -0.1) is 13.2 Å². The van der Waals surface area contributed by atoms with Crippen molar-refractivity contribution in [2.75, 3.05) is 6.61 Å². The number of ether oxygens (including phenoxy) is 2. The molecule has 118 valence electrons. The zero-order valence-electron chi connectivity index (χ0n) is 11.3. The van der Waals surface area contributed by atoms with E-state index in [1.807, 2.05) is 0 Å². The van der Waals surface area contributed by atoms with Crippen molar-refractivity contribution in [3.05, 3.63) is 17.8 Å². The molecule has 2 aliphatic rings. The number of oxazole rings is 1. The van der Waals surface area contributed by atoms with Gasteiger partial charge in [-0.25, -0.2) is 4.98 Å². The normalized spacial score (nSPS) is 33.7. The van der Waals surface area contributed by atoms with Crippen molar-refractivity contribution in [3.8, 4) is 0 Å². The Balaban J connectivity index is 1.52. The molecule has 0 aromatic carbocycles. The van der Waals surface area contributed by atoms with E-state index in [9.17, 15) is 13.2 Å². The number of alkyl halides is 3. The lowest BCUT2D eigenvalue weighted by molar-refractivity contribution is -0.352. The molecule has 0 amide bonds. The first-order chi connectivity index (χ1) is 9.90. The van der Waals surface area contributed by atoms with E-state index in [0.717, 1.165) is 12.8 Å². The Morgan fingerprint density at radius 3 is 2.67 bits per heavy atom. The number of hydrogen-bond acceptors (Lipinski definition) is 5. The average molecular weight is 306 g/mol. The van der Waals surface area contributed by atoms with E-state index in [4.69, 9.17) is 14.9 Å². The van der Waals surface area contributed by atoms with Gasteiger partial charge in [0.2, 0.25) is 5.89 Å². The second-order valence-corrected chi connectivity index (χ2v) is 5.61. The highest BCUT2D eigenvalue weighted by atomic mass is 19.4. The van der Waals surface area contributed by atoms with Crippen LogP contribution in [0.25, 0.3) is 0 Å². The number of nitrogens with two attached hydrogens (primary N) is 1. The van der Waals surface area contributed by atoms with Gasteiger partial charge in [-0.3, -0.25) is 4.74 Å². The second-order valence-electron chi connectivity index (χ2n) is 5.61. The molecule has 0 spiro atoms. The highest BCUT2D eigenvalue weighted by Gasteiger charge is 2.42. The van der Waals surface area contributed by atoms with Crippen molar-refractivity contribution in [1.82, 2.24) is 4.98 Å². The van der Waals surface area contributed by atoms with Crippen LogP contribution < -0.4 is 5.73 Å². The molecule has 2 fully saturated rings. The Bertz CT molecular complexity index is 477. The van der Waals surface area contributed by atoms with E-state index in [0.29, 0.717) is 31.1 Å². The molecule has 8 heteroatoms. The lowest BCUT2D eigenvalue weighted by atomic mass is 9.81. The topological polar surface area (TPSA) is 70.5 Å². The third-order valence-electron chi connectivity index (χ3n) is 3.93. The minimum Gasteiger partial charge on any atom is -0.443 e. The summed E-state index contributed by atoms with van der Waals surface area (Å²) in [4.78, 5) is 4.17. The summed E-state index contributed by atoms with van der Waals surface area (Å²) in [5.74, 6) is 1.02. The highest BCUT2D eigenvalue weighted by Crippen LogP contribution is 2.42. The van der Waals surface area contributed by atoms with Gasteiger partial charge >= 0.3 is 6.36 Å². The van der Waals surface area contributed by atoms with Crippen molar-refractivity contribution >= 4 is 0 Å². The molecule has 21 heavy (non-hydrogen) atoms. The van der Waals surface area contributed by atoms with Crippen LogP contribution in [0, 0.1) is 0 Å². The monoisotopic (exact) mass is 306 g/mol. The van der Waals surface area contributed by atoms with Crippen LogP contribution in [0.2, 0.25) is 0 Å². The summed E-state index contributed by atoms with van der Waals surface area (Å²) in [6, 6.07) is 0.0441. The molecule has 2 heterocycles. The summed E-state index contributed by atoms with van der Waals surface area (Å²) in [6.45, 7) is 0.466. The summed E-state index contributed by atoms with van der Waals surface area (Å²) in [5.41, 5.74) is 5.74. The Morgan fingerprint density at radius 1 is 1.29 bits per heavy atom. The average Bonchev–Trinajstić information content (AvgIpc) is 2.82. The fourth-order valence-electron chi connectivity index (χ4n) is 2.69. The number of nitrogens with zero attached hydrogens (tertiary/aromatic N) is 1. The molecule has 0 unspecified atom stereocenters. The van der Waals surface area contributed by atoms with Gasteiger partial charge in [0.25, 0.3) is 0 Å². The molecule has 0 radical (unpaired) electrons. The highest BCUT2D eigenvalue weighted by molar-refractivity contribution is 5.09. The van der Waals surface area contributed by atoms with Crippen molar-refractivity contribution < 1.29 is 27.1 Å². The Kier molecular flexibility index (Phi) is 3.94. The second kappa shape index (κ2) is 5.58. The quantitative estimate of drug-likeness (QED) is 0.929. The Morgan fingerprint density at radius 2 is 2.05 bits per heavy atom. The standard InChI is InChI=1S/C13H17F3N2O3/c14-13(15,16)21-9-3-7(4-9)11-5-18-12(20-11)10-2-1-8(17)6-19-10/h5,7-10H,1-4,6,17H2/t7?,8-,9?,10+/m1/s1.